The number of aromatic nitrogens is 3. The summed E-state index contributed by atoms with van der Waals surface area (Å²) in [4.78, 5) is 15.6. The highest BCUT2D eigenvalue weighted by atomic mass is 32.2. The van der Waals surface area contributed by atoms with Crippen LogP contribution in [0, 0.1) is 0 Å². The van der Waals surface area contributed by atoms with Crippen molar-refractivity contribution >= 4 is 17.7 Å². The summed E-state index contributed by atoms with van der Waals surface area (Å²) in [5, 5.41) is 8.22. The zero-order chi connectivity index (χ0) is 14.4. The maximum Gasteiger partial charge on any atom is 0.396 e. The van der Waals surface area contributed by atoms with Crippen LogP contribution >= 0.6 is 11.8 Å². The molecule has 0 spiro atoms. The van der Waals surface area contributed by atoms with Crippen LogP contribution < -0.4 is 4.74 Å². The van der Waals surface area contributed by atoms with Gasteiger partial charge in [0.1, 0.15) is 5.03 Å². The Morgan fingerprint density at radius 2 is 2.15 bits per heavy atom. The van der Waals surface area contributed by atoms with E-state index in [0.717, 1.165) is 11.8 Å². The molecule has 2 rings (SSSR count). The second-order valence-corrected chi connectivity index (χ2v) is 4.41. The Kier molecular flexibility index (Phi) is 4.94. The molecule has 20 heavy (non-hydrogen) atoms. The van der Waals surface area contributed by atoms with Crippen LogP contribution in [0.5, 0.6) is 5.88 Å². The molecule has 0 aliphatic carbocycles. The summed E-state index contributed by atoms with van der Waals surface area (Å²) >= 11 is 1.14. The van der Waals surface area contributed by atoms with Crippen LogP contribution in [0.4, 0.5) is 0 Å². The van der Waals surface area contributed by atoms with Gasteiger partial charge in [-0.05, 0) is 31.7 Å². The molecule has 2 aromatic heterocycles. The first-order chi connectivity index (χ1) is 9.72. The molecule has 0 radical (unpaired) electrons. The second-order valence-electron chi connectivity index (χ2n) is 3.44. The third-order valence-corrected chi connectivity index (χ3v) is 2.81. The van der Waals surface area contributed by atoms with Crippen LogP contribution in [0.25, 0.3) is 0 Å². The maximum atomic E-state index is 11.4. The van der Waals surface area contributed by atoms with E-state index in [0.29, 0.717) is 17.5 Å². The summed E-state index contributed by atoms with van der Waals surface area (Å²) in [6, 6.07) is 5.34. The third-order valence-electron chi connectivity index (χ3n) is 2.04. The summed E-state index contributed by atoms with van der Waals surface area (Å²) in [5.74, 6) is -0.291. The number of hydrogen-bond donors (Lipinski definition) is 0. The summed E-state index contributed by atoms with van der Waals surface area (Å²) in [7, 11) is 0. The molecular formula is C12H13N3O4S. The Morgan fingerprint density at radius 1 is 1.30 bits per heavy atom. The van der Waals surface area contributed by atoms with E-state index in [9.17, 15) is 4.79 Å². The number of carbonyl (C=O) groups is 1. The van der Waals surface area contributed by atoms with Gasteiger partial charge in [-0.3, -0.25) is 0 Å². The molecule has 0 atom stereocenters. The molecule has 0 saturated carbocycles. The predicted octanol–water partition coefficient (Wildman–Crippen LogP) is 2.19. The average Bonchev–Trinajstić information content (AvgIpc) is 2.88. The van der Waals surface area contributed by atoms with E-state index < -0.39 is 5.97 Å². The van der Waals surface area contributed by atoms with E-state index in [4.69, 9.17) is 13.9 Å². The predicted molar refractivity (Wildman–Crippen MR) is 69.8 cm³/mol. The van der Waals surface area contributed by atoms with E-state index in [-0.39, 0.29) is 17.7 Å². The molecule has 0 N–H and O–H groups in total. The lowest BCUT2D eigenvalue weighted by Crippen LogP contribution is -2.04. The molecular weight excluding hydrogens is 282 g/mol. The SMILES string of the molecule is CCOC(=O)c1nnc(Sc2cccc(OCC)n2)o1. The number of esters is 1. The van der Waals surface area contributed by atoms with Gasteiger partial charge in [-0.1, -0.05) is 11.2 Å². The summed E-state index contributed by atoms with van der Waals surface area (Å²) in [5.41, 5.74) is 0. The van der Waals surface area contributed by atoms with E-state index in [2.05, 4.69) is 15.2 Å². The normalized spacial score (nSPS) is 10.3. The molecule has 8 heteroatoms. The van der Waals surface area contributed by atoms with E-state index >= 15 is 0 Å². The molecule has 106 valence electrons. The van der Waals surface area contributed by atoms with Gasteiger partial charge in [-0.2, -0.15) is 0 Å². The zero-order valence-electron chi connectivity index (χ0n) is 11.0. The fourth-order valence-corrected chi connectivity index (χ4v) is 1.96. The fourth-order valence-electron chi connectivity index (χ4n) is 1.30. The van der Waals surface area contributed by atoms with Gasteiger partial charge in [0.25, 0.3) is 5.22 Å². The largest absolute Gasteiger partial charge is 0.478 e. The van der Waals surface area contributed by atoms with Gasteiger partial charge in [0.2, 0.25) is 5.88 Å². The minimum absolute atomic E-state index is 0.171. The van der Waals surface area contributed by atoms with E-state index in [1.165, 1.54) is 0 Å². The number of carbonyl (C=O) groups excluding carboxylic acids is 1. The Morgan fingerprint density at radius 3 is 2.90 bits per heavy atom. The van der Waals surface area contributed by atoms with Crippen molar-refractivity contribution in [1.29, 1.82) is 0 Å². The van der Waals surface area contributed by atoms with Gasteiger partial charge in [-0.15, -0.1) is 5.10 Å². The van der Waals surface area contributed by atoms with Crippen molar-refractivity contribution in [2.24, 2.45) is 0 Å². The molecule has 0 unspecified atom stereocenters. The van der Waals surface area contributed by atoms with Gasteiger partial charge in [0.05, 0.1) is 13.2 Å². The summed E-state index contributed by atoms with van der Waals surface area (Å²) in [6.07, 6.45) is 0. The lowest BCUT2D eigenvalue weighted by atomic mass is 10.5. The Balaban J connectivity index is 2.06. The first-order valence-corrected chi connectivity index (χ1v) is 6.83. The minimum atomic E-state index is -0.636. The van der Waals surface area contributed by atoms with Gasteiger partial charge in [-0.25, -0.2) is 9.78 Å². The van der Waals surface area contributed by atoms with Crippen LogP contribution in [0.2, 0.25) is 0 Å². The Bertz CT molecular complexity index is 588. The van der Waals surface area contributed by atoms with E-state index in [1.54, 1.807) is 19.1 Å². The second kappa shape index (κ2) is 6.90. The smallest absolute Gasteiger partial charge is 0.396 e. The lowest BCUT2D eigenvalue weighted by molar-refractivity contribution is 0.0475. The first kappa shape index (κ1) is 14.3. The molecule has 0 fully saturated rings. The lowest BCUT2D eigenvalue weighted by Gasteiger charge is -2.02. The average molecular weight is 295 g/mol. The molecule has 0 aromatic carbocycles. The number of rotatable bonds is 6. The van der Waals surface area contributed by atoms with Crippen molar-refractivity contribution < 1.29 is 18.7 Å². The van der Waals surface area contributed by atoms with E-state index in [1.807, 2.05) is 13.0 Å². The quantitative estimate of drug-likeness (QED) is 0.749. The molecule has 0 aliphatic rings. The minimum Gasteiger partial charge on any atom is -0.478 e. The van der Waals surface area contributed by atoms with Gasteiger partial charge in [0, 0.05) is 6.07 Å². The van der Waals surface area contributed by atoms with Gasteiger partial charge < -0.3 is 13.9 Å². The van der Waals surface area contributed by atoms with Crippen LogP contribution in [0.15, 0.2) is 32.9 Å². The number of nitrogens with zero attached hydrogens (tertiary/aromatic N) is 3. The molecule has 2 aromatic rings. The van der Waals surface area contributed by atoms with Crippen molar-refractivity contribution in [3.63, 3.8) is 0 Å². The number of hydrogen-bond acceptors (Lipinski definition) is 8. The van der Waals surface area contributed by atoms with Gasteiger partial charge in [0.15, 0.2) is 0 Å². The topological polar surface area (TPSA) is 87.3 Å². The zero-order valence-corrected chi connectivity index (χ0v) is 11.8. The molecule has 2 heterocycles. The number of pyridine rings is 1. The summed E-state index contributed by atoms with van der Waals surface area (Å²) in [6.45, 7) is 4.37. The van der Waals surface area contributed by atoms with Gasteiger partial charge >= 0.3 is 11.9 Å². The van der Waals surface area contributed by atoms with Crippen molar-refractivity contribution in [3.8, 4) is 5.88 Å². The molecule has 7 nitrogen and oxygen atoms in total. The summed E-state index contributed by atoms with van der Waals surface area (Å²) < 4.78 is 15.2. The first-order valence-electron chi connectivity index (χ1n) is 6.01. The monoisotopic (exact) mass is 295 g/mol. The van der Waals surface area contributed by atoms with Crippen LogP contribution in [-0.2, 0) is 4.74 Å². The molecule has 0 amide bonds. The fraction of sp³-hybridized carbons (Fsp3) is 0.333. The van der Waals surface area contributed by atoms with Crippen molar-refractivity contribution in [1.82, 2.24) is 15.2 Å². The maximum absolute atomic E-state index is 11.4. The Hall–Kier alpha value is -2.09. The molecule has 0 bridgehead atoms. The molecule has 0 saturated heterocycles. The highest BCUT2D eigenvalue weighted by molar-refractivity contribution is 7.99. The standard InChI is InChI=1S/C12H13N3O4S/c1-3-17-8-6-5-7-9(13-8)20-12-15-14-10(19-12)11(16)18-4-2/h5-7H,3-4H2,1-2H3. The highest BCUT2D eigenvalue weighted by Gasteiger charge is 2.16. The number of ether oxygens (including phenoxy) is 2. The third kappa shape index (κ3) is 3.70. The van der Waals surface area contributed by atoms with Crippen molar-refractivity contribution in [2.75, 3.05) is 13.2 Å². The Labute approximate surface area is 119 Å². The van der Waals surface area contributed by atoms with Crippen LogP contribution in [0.1, 0.15) is 24.5 Å². The van der Waals surface area contributed by atoms with Crippen LogP contribution in [-0.4, -0.2) is 34.4 Å². The van der Waals surface area contributed by atoms with Crippen LogP contribution in [0.3, 0.4) is 0 Å². The molecule has 0 aliphatic heterocycles. The highest BCUT2D eigenvalue weighted by Crippen LogP contribution is 2.26. The van der Waals surface area contributed by atoms with Crippen molar-refractivity contribution in [2.45, 2.75) is 24.1 Å². The van der Waals surface area contributed by atoms with Crippen molar-refractivity contribution in [3.05, 3.63) is 24.1 Å².